The van der Waals surface area contributed by atoms with Crippen molar-refractivity contribution in [2.75, 3.05) is 5.32 Å². The van der Waals surface area contributed by atoms with Gasteiger partial charge in [-0.15, -0.1) is 0 Å². The number of rotatable bonds is 3. The number of oxazole rings is 1. The van der Waals surface area contributed by atoms with Gasteiger partial charge in [-0.2, -0.15) is 10.2 Å². The Bertz CT molecular complexity index is 702. The van der Waals surface area contributed by atoms with Crippen LogP contribution in [0.4, 0.5) is 5.69 Å². The largest absolute Gasteiger partial charge is 0.444 e. The fraction of sp³-hybridized carbons (Fsp3) is 0.214. The van der Waals surface area contributed by atoms with E-state index in [4.69, 9.17) is 4.42 Å². The quantitative estimate of drug-likeness (QED) is 0.778. The number of hydrogen-bond donors (Lipinski definition) is 1. The zero-order chi connectivity index (χ0) is 13.2. The second kappa shape index (κ2) is 4.68. The highest BCUT2D eigenvalue weighted by molar-refractivity contribution is 5.90. The van der Waals surface area contributed by atoms with Crippen molar-refractivity contribution >= 4 is 16.6 Å². The van der Waals surface area contributed by atoms with Gasteiger partial charge < -0.3 is 9.73 Å². The summed E-state index contributed by atoms with van der Waals surface area (Å²) in [5, 5.41) is 12.5. The van der Waals surface area contributed by atoms with Gasteiger partial charge in [0.1, 0.15) is 11.8 Å². The molecule has 5 heteroatoms. The summed E-state index contributed by atoms with van der Waals surface area (Å²) in [6, 6.07) is 7.85. The van der Waals surface area contributed by atoms with Crippen LogP contribution in [-0.4, -0.2) is 15.2 Å². The van der Waals surface area contributed by atoms with Gasteiger partial charge in [0.05, 0.1) is 23.6 Å². The van der Waals surface area contributed by atoms with Crippen molar-refractivity contribution in [1.29, 1.82) is 0 Å². The van der Waals surface area contributed by atoms with Crippen molar-refractivity contribution in [3.63, 3.8) is 0 Å². The molecule has 0 saturated carbocycles. The van der Waals surface area contributed by atoms with Crippen LogP contribution in [0.2, 0.25) is 0 Å². The molecule has 0 fully saturated rings. The molecule has 5 nitrogen and oxygen atoms in total. The molecule has 0 spiro atoms. The van der Waals surface area contributed by atoms with Crippen LogP contribution in [0.15, 0.2) is 41.1 Å². The summed E-state index contributed by atoms with van der Waals surface area (Å²) in [4.78, 5) is 4.23. The van der Waals surface area contributed by atoms with Crippen LogP contribution in [-0.2, 0) is 0 Å². The molecule has 1 unspecified atom stereocenters. The van der Waals surface area contributed by atoms with Crippen LogP contribution in [0.1, 0.15) is 24.6 Å². The van der Waals surface area contributed by atoms with E-state index in [1.165, 1.54) is 0 Å². The maximum Gasteiger partial charge on any atom is 0.216 e. The van der Waals surface area contributed by atoms with E-state index in [1.54, 1.807) is 12.4 Å². The van der Waals surface area contributed by atoms with E-state index in [0.717, 1.165) is 22.4 Å². The number of aromatic nitrogens is 3. The SMILES string of the molecule is Cc1cnc(C(C)Nc2cnnc3ccccc23)o1. The molecule has 2 heterocycles. The molecule has 0 aliphatic heterocycles. The fourth-order valence-electron chi connectivity index (χ4n) is 1.99. The summed E-state index contributed by atoms with van der Waals surface area (Å²) in [6.45, 7) is 3.88. The van der Waals surface area contributed by atoms with Gasteiger partial charge >= 0.3 is 0 Å². The molecule has 3 rings (SSSR count). The molecule has 0 bridgehead atoms. The lowest BCUT2D eigenvalue weighted by molar-refractivity contribution is 0.454. The molecule has 96 valence electrons. The summed E-state index contributed by atoms with van der Waals surface area (Å²) >= 11 is 0. The Morgan fingerprint density at radius 1 is 1.21 bits per heavy atom. The Balaban J connectivity index is 1.93. The standard InChI is InChI=1S/C14H14N4O/c1-9-7-15-14(19-9)10(2)17-13-8-16-18-12-6-4-3-5-11(12)13/h3-8,10H,1-2H3,(H,17,18). The normalized spacial score (nSPS) is 12.5. The van der Waals surface area contributed by atoms with Crippen LogP contribution >= 0.6 is 0 Å². The van der Waals surface area contributed by atoms with E-state index in [0.29, 0.717) is 5.89 Å². The Labute approximate surface area is 110 Å². The minimum atomic E-state index is -0.0266. The molecule has 0 radical (unpaired) electrons. The summed E-state index contributed by atoms with van der Waals surface area (Å²) < 4.78 is 5.52. The van der Waals surface area contributed by atoms with Gasteiger partial charge in [-0.25, -0.2) is 4.98 Å². The topological polar surface area (TPSA) is 63.8 Å². The molecule has 0 aliphatic rings. The molecule has 0 aliphatic carbocycles. The Hall–Kier alpha value is -2.43. The molecular weight excluding hydrogens is 240 g/mol. The Kier molecular flexibility index (Phi) is 2.87. The average molecular weight is 254 g/mol. The summed E-state index contributed by atoms with van der Waals surface area (Å²) in [6.07, 6.45) is 3.44. The first-order valence-electron chi connectivity index (χ1n) is 6.13. The molecule has 1 N–H and O–H groups in total. The van der Waals surface area contributed by atoms with Crippen LogP contribution in [0.25, 0.3) is 10.9 Å². The second-order valence-corrected chi connectivity index (χ2v) is 4.45. The number of nitrogens with one attached hydrogen (secondary N) is 1. The van der Waals surface area contributed by atoms with Crippen molar-refractivity contribution in [3.8, 4) is 0 Å². The number of anilines is 1. The van der Waals surface area contributed by atoms with Crippen molar-refractivity contribution in [2.24, 2.45) is 0 Å². The lowest BCUT2D eigenvalue weighted by Crippen LogP contribution is -2.07. The predicted octanol–water partition coefficient (Wildman–Crippen LogP) is 3.10. The number of hydrogen-bond acceptors (Lipinski definition) is 5. The first-order chi connectivity index (χ1) is 9.24. The minimum Gasteiger partial charge on any atom is -0.444 e. The van der Waals surface area contributed by atoms with Gasteiger partial charge in [-0.05, 0) is 19.9 Å². The zero-order valence-corrected chi connectivity index (χ0v) is 10.8. The maximum absolute atomic E-state index is 5.52. The van der Waals surface area contributed by atoms with E-state index >= 15 is 0 Å². The molecule has 19 heavy (non-hydrogen) atoms. The summed E-state index contributed by atoms with van der Waals surface area (Å²) in [5.74, 6) is 1.47. The maximum atomic E-state index is 5.52. The molecule has 0 saturated heterocycles. The Morgan fingerprint density at radius 2 is 2.05 bits per heavy atom. The second-order valence-electron chi connectivity index (χ2n) is 4.45. The van der Waals surface area contributed by atoms with E-state index in [-0.39, 0.29) is 6.04 Å². The molecular formula is C14H14N4O. The zero-order valence-electron chi connectivity index (χ0n) is 10.8. The first-order valence-corrected chi connectivity index (χ1v) is 6.13. The third kappa shape index (κ3) is 2.27. The lowest BCUT2D eigenvalue weighted by atomic mass is 10.2. The number of nitrogens with zero attached hydrogens (tertiary/aromatic N) is 3. The fourth-order valence-corrected chi connectivity index (χ4v) is 1.99. The Morgan fingerprint density at radius 3 is 2.84 bits per heavy atom. The third-order valence-electron chi connectivity index (χ3n) is 2.93. The van der Waals surface area contributed by atoms with Crippen molar-refractivity contribution in [3.05, 3.63) is 48.3 Å². The number of fused-ring (bicyclic) bond motifs is 1. The highest BCUT2D eigenvalue weighted by atomic mass is 16.4. The monoisotopic (exact) mass is 254 g/mol. The molecule has 1 atom stereocenters. The smallest absolute Gasteiger partial charge is 0.216 e. The third-order valence-corrected chi connectivity index (χ3v) is 2.93. The molecule has 3 aromatic rings. The molecule has 0 amide bonds. The van der Waals surface area contributed by atoms with Crippen LogP contribution in [0, 0.1) is 6.92 Å². The first kappa shape index (κ1) is 11.6. The molecule has 2 aromatic heterocycles. The van der Waals surface area contributed by atoms with Gasteiger partial charge in [-0.3, -0.25) is 0 Å². The van der Waals surface area contributed by atoms with E-state index in [1.807, 2.05) is 38.1 Å². The number of benzene rings is 1. The highest BCUT2D eigenvalue weighted by Crippen LogP contribution is 2.24. The van der Waals surface area contributed by atoms with Crippen molar-refractivity contribution in [1.82, 2.24) is 15.2 Å². The van der Waals surface area contributed by atoms with E-state index in [2.05, 4.69) is 20.5 Å². The lowest BCUT2D eigenvalue weighted by Gasteiger charge is -2.13. The van der Waals surface area contributed by atoms with Gasteiger partial charge in [0.15, 0.2) is 0 Å². The molecule has 1 aromatic carbocycles. The van der Waals surface area contributed by atoms with Crippen LogP contribution in [0.3, 0.4) is 0 Å². The van der Waals surface area contributed by atoms with Gasteiger partial charge in [0.2, 0.25) is 5.89 Å². The van der Waals surface area contributed by atoms with Gasteiger partial charge in [-0.1, -0.05) is 18.2 Å². The minimum absolute atomic E-state index is 0.0266. The summed E-state index contributed by atoms with van der Waals surface area (Å²) in [5.41, 5.74) is 1.79. The van der Waals surface area contributed by atoms with Crippen molar-refractivity contribution in [2.45, 2.75) is 19.9 Å². The van der Waals surface area contributed by atoms with E-state index in [9.17, 15) is 0 Å². The number of aryl methyl sites for hydroxylation is 1. The van der Waals surface area contributed by atoms with Crippen LogP contribution in [0.5, 0.6) is 0 Å². The highest BCUT2D eigenvalue weighted by Gasteiger charge is 2.12. The van der Waals surface area contributed by atoms with Gasteiger partial charge in [0, 0.05) is 5.39 Å². The predicted molar refractivity (Wildman–Crippen MR) is 72.8 cm³/mol. The summed E-state index contributed by atoms with van der Waals surface area (Å²) in [7, 11) is 0. The van der Waals surface area contributed by atoms with Gasteiger partial charge in [0.25, 0.3) is 0 Å². The van der Waals surface area contributed by atoms with Crippen molar-refractivity contribution < 1.29 is 4.42 Å². The van der Waals surface area contributed by atoms with Crippen LogP contribution < -0.4 is 5.32 Å². The average Bonchev–Trinajstić information content (AvgIpc) is 2.86. The van der Waals surface area contributed by atoms with E-state index < -0.39 is 0 Å².